The van der Waals surface area contributed by atoms with Gasteiger partial charge in [0.1, 0.15) is 5.76 Å². The Balaban J connectivity index is 1.31. The molecule has 1 saturated heterocycles. The number of benzene rings is 1. The van der Waals surface area contributed by atoms with Crippen LogP contribution in [0.4, 0.5) is 5.69 Å². The van der Waals surface area contributed by atoms with Crippen LogP contribution in [0.25, 0.3) is 0 Å². The maximum atomic E-state index is 12.8. The van der Waals surface area contributed by atoms with Gasteiger partial charge in [0.25, 0.3) is 0 Å². The molecule has 7 nitrogen and oxygen atoms in total. The van der Waals surface area contributed by atoms with Gasteiger partial charge < -0.3 is 9.73 Å². The van der Waals surface area contributed by atoms with Crippen molar-refractivity contribution in [3.05, 3.63) is 47.9 Å². The summed E-state index contributed by atoms with van der Waals surface area (Å²) in [5.74, 6) is 1.28. The van der Waals surface area contributed by atoms with Crippen molar-refractivity contribution in [2.75, 3.05) is 25.0 Å². The van der Waals surface area contributed by atoms with Gasteiger partial charge >= 0.3 is 0 Å². The smallest absolute Gasteiger partial charge is 0.240 e. The lowest BCUT2D eigenvalue weighted by molar-refractivity contribution is -0.116. The number of likely N-dealkylation sites (tertiary alicyclic amines) is 1. The van der Waals surface area contributed by atoms with Gasteiger partial charge in [-0.1, -0.05) is 0 Å². The highest BCUT2D eigenvalue weighted by atomic mass is 32.2. The Hall–Kier alpha value is -2.16. The maximum absolute atomic E-state index is 12.8. The Morgan fingerprint density at radius 3 is 2.76 bits per heavy atom. The molecule has 2 aromatic rings. The second-order valence-corrected chi connectivity index (χ2v) is 9.64. The molecule has 1 fully saturated rings. The van der Waals surface area contributed by atoms with Crippen molar-refractivity contribution in [1.82, 2.24) is 9.62 Å². The van der Waals surface area contributed by atoms with Crippen LogP contribution in [-0.4, -0.2) is 38.9 Å². The van der Waals surface area contributed by atoms with Crippen molar-refractivity contribution in [3.8, 4) is 0 Å². The van der Waals surface area contributed by atoms with Crippen molar-refractivity contribution >= 4 is 21.6 Å². The fourth-order valence-electron chi connectivity index (χ4n) is 4.00. The number of piperidine rings is 1. The third-order valence-electron chi connectivity index (χ3n) is 5.74. The van der Waals surface area contributed by atoms with Gasteiger partial charge in [0, 0.05) is 18.7 Å². The molecule has 1 aromatic carbocycles. The zero-order valence-electron chi connectivity index (χ0n) is 16.4. The first-order valence-electron chi connectivity index (χ1n) is 10.2. The first-order valence-corrected chi connectivity index (χ1v) is 11.6. The van der Waals surface area contributed by atoms with E-state index in [2.05, 4.69) is 14.9 Å². The number of nitrogens with zero attached hydrogens (tertiary/aromatic N) is 1. The fraction of sp³-hybridized carbons (Fsp3) is 0.476. The van der Waals surface area contributed by atoms with E-state index in [4.69, 9.17) is 4.42 Å². The average molecular weight is 418 g/mol. The number of furan rings is 1. The molecule has 1 aromatic heterocycles. The minimum Gasteiger partial charge on any atom is -0.468 e. The number of carbonyl (C=O) groups excluding carboxylic acids is 1. The SMILES string of the molecule is O=C1CCCc2cc(S(=O)(=O)NCC3CCN(Cc4ccco4)CC3)ccc2N1. The average Bonchev–Trinajstić information content (AvgIpc) is 3.14. The molecule has 4 rings (SSSR count). The summed E-state index contributed by atoms with van der Waals surface area (Å²) in [6.07, 6.45) is 5.50. The lowest BCUT2D eigenvalue weighted by Crippen LogP contribution is -2.38. The molecule has 8 heteroatoms. The van der Waals surface area contributed by atoms with Crippen LogP contribution < -0.4 is 10.0 Å². The largest absolute Gasteiger partial charge is 0.468 e. The van der Waals surface area contributed by atoms with Gasteiger partial charge in [-0.15, -0.1) is 0 Å². The molecule has 2 aliphatic heterocycles. The van der Waals surface area contributed by atoms with Crippen LogP contribution in [0.15, 0.2) is 45.9 Å². The molecule has 0 bridgehead atoms. The molecule has 0 radical (unpaired) electrons. The van der Waals surface area contributed by atoms with Crippen LogP contribution in [0.3, 0.4) is 0 Å². The van der Waals surface area contributed by atoms with Crippen LogP contribution in [0.2, 0.25) is 0 Å². The van der Waals surface area contributed by atoms with Gasteiger partial charge in [-0.05, 0) is 80.6 Å². The van der Waals surface area contributed by atoms with E-state index < -0.39 is 10.0 Å². The van der Waals surface area contributed by atoms with Crippen molar-refractivity contribution in [1.29, 1.82) is 0 Å². The van der Waals surface area contributed by atoms with Crippen molar-refractivity contribution in [2.45, 2.75) is 43.5 Å². The minimum absolute atomic E-state index is 0.0177. The van der Waals surface area contributed by atoms with Crippen LogP contribution >= 0.6 is 0 Å². The van der Waals surface area contributed by atoms with Crippen LogP contribution in [-0.2, 0) is 27.8 Å². The van der Waals surface area contributed by atoms with Gasteiger partial charge in [-0.3, -0.25) is 9.69 Å². The van der Waals surface area contributed by atoms with E-state index in [1.54, 1.807) is 24.5 Å². The molecule has 29 heavy (non-hydrogen) atoms. The molecule has 2 aliphatic rings. The van der Waals surface area contributed by atoms with E-state index >= 15 is 0 Å². The summed E-state index contributed by atoms with van der Waals surface area (Å²) in [5.41, 5.74) is 1.60. The summed E-state index contributed by atoms with van der Waals surface area (Å²) in [7, 11) is -3.56. The highest BCUT2D eigenvalue weighted by Gasteiger charge is 2.23. The van der Waals surface area contributed by atoms with Crippen molar-refractivity contribution < 1.29 is 17.6 Å². The van der Waals surface area contributed by atoms with E-state index in [0.717, 1.165) is 55.9 Å². The highest BCUT2D eigenvalue weighted by molar-refractivity contribution is 7.89. The molecule has 156 valence electrons. The van der Waals surface area contributed by atoms with E-state index in [1.165, 1.54) is 0 Å². The summed E-state index contributed by atoms with van der Waals surface area (Å²) >= 11 is 0. The number of fused-ring (bicyclic) bond motifs is 1. The number of anilines is 1. The molecule has 0 saturated carbocycles. The summed E-state index contributed by atoms with van der Waals surface area (Å²) in [6.45, 7) is 3.12. The number of sulfonamides is 1. The summed E-state index contributed by atoms with van der Waals surface area (Å²) in [6, 6.07) is 8.83. The number of hydrogen-bond acceptors (Lipinski definition) is 5. The zero-order valence-corrected chi connectivity index (χ0v) is 17.2. The second kappa shape index (κ2) is 8.69. The van der Waals surface area contributed by atoms with Gasteiger partial charge in [-0.25, -0.2) is 13.1 Å². The summed E-state index contributed by atoms with van der Waals surface area (Å²) in [5, 5.41) is 2.84. The Morgan fingerprint density at radius 2 is 2.00 bits per heavy atom. The Labute approximate surface area is 171 Å². The van der Waals surface area contributed by atoms with Crippen molar-refractivity contribution in [3.63, 3.8) is 0 Å². The first kappa shape index (κ1) is 20.1. The quantitative estimate of drug-likeness (QED) is 0.754. The third kappa shape index (κ3) is 5.07. The van der Waals surface area contributed by atoms with E-state index in [0.29, 0.717) is 25.3 Å². The molecule has 1 amide bonds. The summed E-state index contributed by atoms with van der Waals surface area (Å²) < 4.78 is 33.7. The second-order valence-electron chi connectivity index (χ2n) is 7.87. The molecule has 0 spiro atoms. The van der Waals surface area contributed by atoms with Crippen LogP contribution in [0.5, 0.6) is 0 Å². The topological polar surface area (TPSA) is 91.7 Å². The lowest BCUT2D eigenvalue weighted by atomic mass is 9.97. The predicted molar refractivity (Wildman–Crippen MR) is 110 cm³/mol. The van der Waals surface area contributed by atoms with Gasteiger partial charge in [0.2, 0.25) is 15.9 Å². The molecule has 0 unspecified atom stereocenters. The van der Waals surface area contributed by atoms with E-state index in [-0.39, 0.29) is 10.8 Å². The third-order valence-corrected chi connectivity index (χ3v) is 7.16. The number of aryl methyl sites for hydroxylation is 1. The monoisotopic (exact) mass is 417 g/mol. The molecule has 0 aliphatic carbocycles. The zero-order chi connectivity index (χ0) is 20.3. The molecule has 0 atom stereocenters. The number of amides is 1. The van der Waals surface area contributed by atoms with Gasteiger partial charge in [-0.2, -0.15) is 0 Å². The number of hydrogen-bond donors (Lipinski definition) is 2. The summed E-state index contributed by atoms with van der Waals surface area (Å²) in [4.78, 5) is 14.3. The lowest BCUT2D eigenvalue weighted by Gasteiger charge is -2.31. The first-order chi connectivity index (χ1) is 14.0. The Morgan fingerprint density at radius 1 is 1.17 bits per heavy atom. The number of rotatable bonds is 6. The Kier molecular flexibility index (Phi) is 6.03. The predicted octanol–water partition coefficient (Wildman–Crippen LogP) is 2.74. The minimum atomic E-state index is -3.56. The van der Waals surface area contributed by atoms with Gasteiger partial charge in [0.15, 0.2) is 0 Å². The molecule has 2 N–H and O–H groups in total. The Bertz CT molecular complexity index is 948. The van der Waals surface area contributed by atoms with Crippen LogP contribution in [0.1, 0.15) is 37.0 Å². The molecular weight excluding hydrogens is 390 g/mol. The fourth-order valence-corrected chi connectivity index (χ4v) is 5.17. The highest BCUT2D eigenvalue weighted by Crippen LogP contribution is 2.25. The number of nitrogens with one attached hydrogen (secondary N) is 2. The van der Waals surface area contributed by atoms with Crippen molar-refractivity contribution in [2.24, 2.45) is 5.92 Å². The van der Waals surface area contributed by atoms with Gasteiger partial charge in [0.05, 0.1) is 17.7 Å². The molecular formula is C21H27N3O4S. The number of carbonyl (C=O) groups is 1. The van der Waals surface area contributed by atoms with E-state index in [1.807, 2.05) is 12.1 Å². The normalized spacial score (nSPS) is 18.8. The molecule has 3 heterocycles. The maximum Gasteiger partial charge on any atom is 0.240 e. The van der Waals surface area contributed by atoms with Crippen LogP contribution in [0, 0.1) is 5.92 Å². The van der Waals surface area contributed by atoms with E-state index in [9.17, 15) is 13.2 Å². The standard InChI is InChI=1S/C21H27N3O4S/c25-21-5-1-3-17-13-19(6-7-20(17)23-21)29(26,27)22-14-16-8-10-24(11-9-16)15-18-4-2-12-28-18/h2,4,6-7,12-13,16,22H,1,3,5,8-11,14-15H2,(H,23,25).